The van der Waals surface area contributed by atoms with Gasteiger partial charge in [0.1, 0.15) is 6.04 Å². The van der Waals surface area contributed by atoms with Crippen LogP contribution in [0.4, 0.5) is 13.2 Å². The summed E-state index contributed by atoms with van der Waals surface area (Å²) in [6.45, 7) is 3.11. The van der Waals surface area contributed by atoms with Crippen LogP contribution in [-0.2, 0) is 4.79 Å². The van der Waals surface area contributed by atoms with E-state index in [1.165, 1.54) is 11.6 Å². The minimum absolute atomic E-state index is 0.0530. The van der Waals surface area contributed by atoms with Gasteiger partial charge in [-0.3, -0.25) is 4.79 Å². The predicted molar refractivity (Wildman–Crippen MR) is 82.6 cm³/mol. The summed E-state index contributed by atoms with van der Waals surface area (Å²) >= 11 is 0. The Hall–Kier alpha value is -2.84. The van der Waals surface area contributed by atoms with Crippen molar-refractivity contribution < 1.29 is 27.9 Å². The number of carboxylic acids is 1. The van der Waals surface area contributed by atoms with Crippen molar-refractivity contribution in [2.75, 3.05) is 0 Å². The second-order valence-electron chi connectivity index (χ2n) is 5.48. The number of alkyl halides is 3. The van der Waals surface area contributed by atoms with Crippen LogP contribution < -0.4 is 5.32 Å². The number of benzene rings is 1. The van der Waals surface area contributed by atoms with E-state index in [4.69, 9.17) is 5.11 Å². The number of carboxylic acid groups (broad SMARTS) is 1. The molecule has 134 valence electrons. The van der Waals surface area contributed by atoms with Crippen molar-refractivity contribution in [3.63, 3.8) is 0 Å². The van der Waals surface area contributed by atoms with E-state index in [1.54, 1.807) is 37.3 Å². The zero-order valence-electron chi connectivity index (χ0n) is 13.5. The van der Waals surface area contributed by atoms with Crippen molar-refractivity contribution in [1.29, 1.82) is 0 Å². The number of aromatic nitrogens is 2. The van der Waals surface area contributed by atoms with Crippen molar-refractivity contribution in [2.24, 2.45) is 0 Å². The first-order valence-corrected chi connectivity index (χ1v) is 7.32. The smallest absolute Gasteiger partial charge is 0.391 e. The summed E-state index contributed by atoms with van der Waals surface area (Å²) < 4.78 is 38.9. The quantitative estimate of drug-likeness (QED) is 0.864. The lowest BCUT2D eigenvalue weighted by Crippen LogP contribution is -2.43. The Bertz CT molecular complexity index is 785. The van der Waals surface area contributed by atoms with Gasteiger partial charge in [-0.1, -0.05) is 18.2 Å². The lowest BCUT2D eigenvalue weighted by atomic mass is 10.1. The Labute approximate surface area is 141 Å². The van der Waals surface area contributed by atoms with Gasteiger partial charge in [0.2, 0.25) is 0 Å². The van der Waals surface area contributed by atoms with Crippen LogP contribution in [0.3, 0.4) is 0 Å². The van der Waals surface area contributed by atoms with Gasteiger partial charge in [0.25, 0.3) is 5.91 Å². The summed E-state index contributed by atoms with van der Waals surface area (Å²) in [7, 11) is 0. The largest absolute Gasteiger partial charge is 0.480 e. The molecule has 0 bridgehead atoms. The minimum Gasteiger partial charge on any atom is -0.480 e. The summed E-state index contributed by atoms with van der Waals surface area (Å²) in [5.41, 5.74) is 1.41. The third-order valence-electron chi connectivity index (χ3n) is 3.56. The number of rotatable bonds is 5. The van der Waals surface area contributed by atoms with Crippen LogP contribution in [0.2, 0.25) is 0 Å². The Kier molecular flexibility index (Phi) is 5.15. The predicted octanol–water partition coefficient (Wildman–Crippen LogP) is 2.62. The van der Waals surface area contributed by atoms with Gasteiger partial charge in [-0.15, -0.1) is 0 Å². The lowest BCUT2D eigenvalue weighted by molar-refractivity contribution is -0.157. The van der Waals surface area contributed by atoms with Gasteiger partial charge in [0.05, 0.1) is 29.1 Å². The molecule has 0 saturated carbocycles. The Morgan fingerprint density at radius 1 is 1.24 bits per heavy atom. The van der Waals surface area contributed by atoms with E-state index >= 15 is 0 Å². The number of aliphatic carboxylic acids is 1. The van der Waals surface area contributed by atoms with Crippen LogP contribution in [0.5, 0.6) is 0 Å². The molecule has 9 heteroatoms. The van der Waals surface area contributed by atoms with Gasteiger partial charge >= 0.3 is 12.1 Å². The first-order chi connectivity index (χ1) is 11.6. The molecule has 1 aromatic carbocycles. The van der Waals surface area contributed by atoms with E-state index in [-0.39, 0.29) is 11.3 Å². The second kappa shape index (κ2) is 6.96. The SMILES string of the molecule is Cc1nn(-c2ccccc2)c(C)c1C(=O)NC(CC(F)(F)F)C(=O)O. The number of para-hydroxylation sites is 1. The maximum Gasteiger partial charge on any atom is 0.391 e. The fraction of sp³-hybridized carbons (Fsp3) is 0.312. The molecule has 0 fully saturated rings. The highest BCUT2D eigenvalue weighted by Crippen LogP contribution is 2.23. The number of hydrogen-bond donors (Lipinski definition) is 2. The van der Waals surface area contributed by atoms with Crippen molar-refractivity contribution in [3.8, 4) is 5.69 Å². The summed E-state index contributed by atoms with van der Waals surface area (Å²) in [5.74, 6) is -2.66. The summed E-state index contributed by atoms with van der Waals surface area (Å²) in [6.07, 6.45) is -6.37. The molecule has 6 nitrogen and oxygen atoms in total. The number of aryl methyl sites for hydroxylation is 1. The van der Waals surface area contributed by atoms with Crippen molar-refractivity contribution in [2.45, 2.75) is 32.5 Å². The van der Waals surface area contributed by atoms with Gasteiger partial charge in [-0.25, -0.2) is 9.48 Å². The molecule has 1 aromatic heterocycles. The first-order valence-electron chi connectivity index (χ1n) is 7.32. The number of nitrogens with zero attached hydrogens (tertiary/aromatic N) is 2. The molecule has 0 saturated heterocycles. The molecule has 0 radical (unpaired) electrons. The van der Waals surface area contributed by atoms with Crippen LogP contribution >= 0.6 is 0 Å². The fourth-order valence-electron chi connectivity index (χ4n) is 2.45. The average Bonchev–Trinajstić information content (AvgIpc) is 2.81. The summed E-state index contributed by atoms with van der Waals surface area (Å²) in [5, 5.41) is 15.1. The molecule has 0 spiro atoms. The molecule has 1 amide bonds. The molecule has 25 heavy (non-hydrogen) atoms. The van der Waals surface area contributed by atoms with Crippen LogP contribution in [0.25, 0.3) is 5.69 Å². The highest BCUT2D eigenvalue weighted by Gasteiger charge is 2.37. The van der Waals surface area contributed by atoms with E-state index in [0.717, 1.165) is 0 Å². The van der Waals surface area contributed by atoms with Gasteiger partial charge in [0, 0.05) is 0 Å². The number of nitrogens with one attached hydrogen (secondary N) is 1. The van der Waals surface area contributed by atoms with E-state index in [0.29, 0.717) is 11.4 Å². The van der Waals surface area contributed by atoms with E-state index in [9.17, 15) is 22.8 Å². The average molecular weight is 355 g/mol. The highest BCUT2D eigenvalue weighted by atomic mass is 19.4. The molecule has 0 aliphatic carbocycles. The van der Waals surface area contributed by atoms with Crippen LogP contribution in [-0.4, -0.2) is 39.0 Å². The van der Waals surface area contributed by atoms with Gasteiger partial charge in [0.15, 0.2) is 0 Å². The maximum absolute atomic E-state index is 12.5. The van der Waals surface area contributed by atoms with Gasteiger partial charge < -0.3 is 10.4 Å². The van der Waals surface area contributed by atoms with Crippen molar-refractivity contribution >= 4 is 11.9 Å². The number of carbonyl (C=O) groups is 2. The summed E-state index contributed by atoms with van der Waals surface area (Å²) in [6, 6.07) is 6.80. The zero-order chi connectivity index (χ0) is 18.8. The molecular weight excluding hydrogens is 339 g/mol. The topological polar surface area (TPSA) is 84.2 Å². The zero-order valence-corrected chi connectivity index (χ0v) is 13.5. The molecule has 0 aliphatic heterocycles. The molecule has 1 heterocycles. The number of halogens is 3. The third-order valence-corrected chi connectivity index (χ3v) is 3.56. The molecule has 0 aliphatic rings. The van der Waals surface area contributed by atoms with E-state index < -0.39 is 30.5 Å². The van der Waals surface area contributed by atoms with E-state index in [2.05, 4.69) is 5.10 Å². The molecule has 1 unspecified atom stereocenters. The number of amides is 1. The van der Waals surface area contributed by atoms with Crippen molar-refractivity contribution in [3.05, 3.63) is 47.3 Å². The van der Waals surface area contributed by atoms with Crippen LogP contribution in [0.1, 0.15) is 28.2 Å². The van der Waals surface area contributed by atoms with Gasteiger partial charge in [-0.2, -0.15) is 18.3 Å². The van der Waals surface area contributed by atoms with Crippen LogP contribution in [0.15, 0.2) is 30.3 Å². The molecule has 2 aromatic rings. The molecular formula is C16H16F3N3O3. The molecule has 2 rings (SSSR count). The standard InChI is InChI=1S/C16H16F3N3O3/c1-9-13(10(2)22(21-9)11-6-4-3-5-7-11)14(23)20-12(15(24)25)8-16(17,18)19/h3-7,12H,8H2,1-2H3,(H,20,23)(H,24,25). The third kappa shape index (κ3) is 4.37. The Morgan fingerprint density at radius 3 is 2.36 bits per heavy atom. The number of hydrogen-bond acceptors (Lipinski definition) is 3. The Balaban J connectivity index is 2.30. The fourth-order valence-corrected chi connectivity index (χ4v) is 2.45. The van der Waals surface area contributed by atoms with Crippen LogP contribution in [0, 0.1) is 13.8 Å². The maximum atomic E-state index is 12.5. The summed E-state index contributed by atoms with van der Waals surface area (Å²) in [4.78, 5) is 23.3. The molecule has 2 N–H and O–H groups in total. The second-order valence-corrected chi connectivity index (χ2v) is 5.48. The van der Waals surface area contributed by atoms with Gasteiger partial charge in [-0.05, 0) is 26.0 Å². The van der Waals surface area contributed by atoms with Crippen molar-refractivity contribution in [1.82, 2.24) is 15.1 Å². The minimum atomic E-state index is -4.71. The highest BCUT2D eigenvalue weighted by molar-refractivity contribution is 5.98. The first kappa shape index (κ1) is 18.5. The monoisotopic (exact) mass is 355 g/mol. The normalized spacial score (nSPS) is 12.7. The lowest BCUT2D eigenvalue weighted by Gasteiger charge is -2.16. The Morgan fingerprint density at radius 2 is 1.84 bits per heavy atom. The molecule has 1 atom stereocenters. The van der Waals surface area contributed by atoms with E-state index in [1.807, 2.05) is 5.32 Å². The number of carbonyl (C=O) groups excluding carboxylic acids is 1.